The zero-order chi connectivity index (χ0) is 17.4. The lowest BCUT2D eigenvalue weighted by Gasteiger charge is -2.32. The second kappa shape index (κ2) is 6.81. The molecule has 2 aliphatic heterocycles. The zero-order valence-corrected chi connectivity index (χ0v) is 15.0. The van der Waals surface area contributed by atoms with Crippen LogP contribution in [0.2, 0.25) is 0 Å². The van der Waals surface area contributed by atoms with Crippen LogP contribution in [0.4, 0.5) is 0 Å². The van der Waals surface area contributed by atoms with Gasteiger partial charge in [-0.3, -0.25) is 0 Å². The van der Waals surface area contributed by atoms with Crippen molar-refractivity contribution in [2.45, 2.75) is 44.3 Å². The first-order chi connectivity index (χ1) is 10.6. The van der Waals surface area contributed by atoms with Crippen molar-refractivity contribution in [1.82, 2.24) is 4.90 Å². The molecule has 1 saturated heterocycles. The number of nitrogens with two attached hydrogens (primary N) is 1. The topological polar surface area (TPSA) is 91.3 Å². The molecule has 4 atom stereocenters. The fraction of sp³-hybridized carbons (Fsp3) is 0.625. The molecule has 6 nitrogen and oxygen atoms in total. The summed E-state index contributed by atoms with van der Waals surface area (Å²) in [6, 6.07) is 0. The van der Waals surface area contributed by atoms with Crippen molar-refractivity contribution in [2.24, 2.45) is 10.7 Å². The Kier molecular flexibility index (Phi) is 5.41. The van der Waals surface area contributed by atoms with E-state index in [0.717, 1.165) is 11.7 Å². The van der Waals surface area contributed by atoms with Crippen molar-refractivity contribution in [2.75, 3.05) is 19.5 Å². The maximum atomic E-state index is 10.4. The molecule has 0 radical (unpaired) electrons. The van der Waals surface area contributed by atoms with Crippen LogP contribution in [0.1, 0.15) is 19.8 Å². The highest BCUT2D eigenvalue weighted by atomic mass is 31.2. The summed E-state index contributed by atoms with van der Waals surface area (Å²) in [6.07, 6.45) is 5.20. The Balaban J connectivity index is 2.13. The highest BCUT2D eigenvalue weighted by molar-refractivity contribution is 7.72. The minimum Gasteiger partial charge on any atom is -0.388 e. The molecule has 0 aromatic rings. The molecule has 130 valence electrons. The van der Waals surface area contributed by atoms with Crippen LogP contribution < -0.4 is 5.73 Å². The molecule has 2 rings (SSSR count). The molecule has 0 bridgehead atoms. The third-order valence-corrected chi connectivity index (χ3v) is 5.65. The summed E-state index contributed by atoms with van der Waals surface area (Å²) in [5.74, 6) is 0.837. The number of aliphatic hydroxyl groups is 2. The maximum Gasteiger partial charge on any atom is 0.164 e. The first-order valence-corrected chi connectivity index (χ1v) is 10.9. The van der Waals surface area contributed by atoms with Crippen LogP contribution in [0.5, 0.6) is 0 Å². The second-order valence-electron chi connectivity index (χ2n) is 6.82. The van der Waals surface area contributed by atoms with E-state index in [1.165, 1.54) is 0 Å². The predicted octanol–water partition coefficient (Wildman–Crippen LogP) is 0.970. The standard InChI is InChI=1S/C16H28N3O3P/c1-6-11-9-19(10(2)18-15(11)17)16-14(21)13(20)12(22-16)7-8-23(3,4)5/h9,12-14,16,20-21H,2-3,6-8H2,1,4-5H3,(H2,17,18)/t12-,13-,14-,16?/m1/s1. The van der Waals surface area contributed by atoms with Crippen LogP contribution >= 0.6 is 6.89 Å². The molecular formula is C16H28N3O3P. The molecule has 2 heterocycles. The van der Waals surface area contributed by atoms with Crippen LogP contribution in [0.15, 0.2) is 29.2 Å². The van der Waals surface area contributed by atoms with Crippen LogP contribution in [0, 0.1) is 0 Å². The van der Waals surface area contributed by atoms with Gasteiger partial charge in [0, 0.05) is 11.8 Å². The summed E-state index contributed by atoms with van der Waals surface area (Å²) >= 11 is 0. The number of rotatable bonds is 5. The Labute approximate surface area is 138 Å². The summed E-state index contributed by atoms with van der Waals surface area (Å²) in [6.45, 7) is 8.92. The summed E-state index contributed by atoms with van der Waals surface area (Å²) in [7, 11) is 0. The third-order valence-electron chi connectivity index (χ3n) is 4.18. The molecule has 4 N–H and O–H groups in total. The summed E-state index contributed by atoms with van der Waals surface area (Å²) in [5.41, 5.74) is 6.72. The van der Waals surface area contributed by atoms with E-state index in [1.54, 1.807) is 11.1 Å². The van der Waals surface area contributed by atoms with Crippen molar-refractivity contribution in [3.63, 3.8) is 0 Å². The van der Waals surface area contributed by atoms with Gasteiger partial charge in [-0.2, -0.15) is 0 Å². The molecule has 0 aromatic heterocycles. The Morgan fingerprint density at radius 1 is 1.39 bits per heavy atom. The van der Waals surface area contributed by atoms with Gasteiger partial charge in [0.05, 0.1) is 6.10 Å². The molecular weight excluding hydrogens is 313 g/mol. The summed E-state index contributed by atoms with van der Waals surface area (Å²) in [4.78, 5) is 5.87. The lowest BCUT2D eigenvalue weighted by atomic mass is 10.1. The van der Waals surface area contributed by atoms with Gasteiger partial charge in [0.15, 0.2) is 6.23 Å². The first kappa shape index (κ1) is 18.3. The third kappa shape index (κ3) is 4.07. The molecule has 1 unspecified atom stereocenters. The van der Waals surface area contributed by atoms with Crippen LogP contribution in [-0.2, 0) is 4.74 Å². The lowest BCUT2D eigenvalue weighted by molar-refractivity contribution is -0.0581. The molecule has 7 heteroatoms. The van der Waals surface area contributed by atoms with Gasteiger partial charge in [-0.25, -0.2) is 4.99 Å². The van der Waals surface area contributed by atoms with E-state index in [4.69, 9.17) is 10.5 Å². The number of hydrogen-bond donors (Lipinski definition) is 3. The summed E-state index contributed by atoms with van der Waals surface area (Å²) < 4.78 is 5.92. The molecule has 1 fully saturated rings. The Morgan fingerprint density at radius 2 is 2.04 bits per heavy atom. The van der Waals surface area contributed by atoms with Gasteiger partial charge in [0.1, 0.15) is 23.9 Å². The van der Waals surface area contributed by atoms with Gasteiger partial charge < -0.3 is 25.6 Å². The number of amidine groups is 1. The fourth-order valence-corrected chi connectivity index (χ4v) is 3.70. The van der Waals surface area contributed by atoms with Crippen LogP contribution in [0.3, 0.4) is 0 Å². The SMILES string of the molecule is C=C1N=C(N)C(CC)=CN1C1O[C@H](CCP(=C)(C)C)[C@@H](O)[C@H]1O. The average Bonchev–Trinajstić information content (AvgIpc) is 2.73. The van der Waals surface area contributed by atoms with Gasteiger partial charge in [-0.1, -0.05) is 13.5 Å². The molecule has 0 amide bonds. The van der Waals surface area contributed by atoms with Crippen LogP contribution in [0.25, 0.3) is 0 Å². The number of hydrogen-bond acceptors (Lipinski definition) is 6. The van der Waals surface area contributed by atoms with Crippen molar-refractivity contribution < 1.29 is 14.9 Å². The molecule has 0 saturated carbocycles. The Hall–Kier alpha value is -1.07. The number of aliphatic hydroxyl groups excluding tert-OH is 2. The zero-order valence-electron chi connectivity index (χ0n) is 14.1. The highest BCUT2D eigenvalue weighted by Gasteiger charge is 2.45. The maximum absolute atomic E-state index is 10.4. The summed E-state index contributed by atoms with van der Waals surface area (Å²) in [5, 5.41) is 20.7. The van der Waals surface area contributed by atoms with Crippen molar-refractivity contribution in [3.8, 4) is 0 Å². The molecule has 23 heavy (non-hydrogen) atoms. The molecule has 0 spiro atoms. The Morgan fingerprint density at radius 3 is 2.61 bits per heavy atom. The highest BCUT2D eigenvalue weighted by Crippen LogP contribution is 2.39. The van der Waals surface area contributed by atoms with Crippen molar-refractivity contribution >= 4 is 19.0 Å². The van der Waals surface area contributed by atoms with E-state index in [2.05, 4.69) is 31.2 Å². The number of ether oxygens (including phenoxy) is 1. The predicted molar refractivity (Wildman–Crippen MR) is 97.0 cm³/mol. The minimum absolute atomic E-state index is 0.404. The smallest absolute Gasteiger partial charge is 0.164 e. The number of nitrogens with zero attached hydrogens (tertiary/aromatic N) is 2. The van der Waals surface area contributed by atoms with Crippen molar-refractivity contribution in [1.29, 1.82) is 0 Å². The minimum atomic E-state index is -1.21. The monoisotopic (exact) mass is 341 g/mol. The average molecular weight is 341 g/mol. The van der Waals surface area contributed by atoms with Crippen LogP contribution in [-0.4, -0.2) is 71.3 Å². The molecule has 0 aromatic carbocycles. The second-order valence-corrected chi connectivity index (χ2v) is 11.1. The largest absolute Gasteiger partial charge is 0.388 e. The molecule has 0 aliphatic carbocycles. The number of aliphatic imine (C=N–C) groups is 1. The fourth-order valence-electron chi connectivity index (χ4n) is 2.74. The van der Waals surface area contributed by atoms with Gasteiger partial charge >= 0.3 is 0 Å². The van der Waals surface area contributed by atoms with Gasteiger partial charge in [0.2, 0.25) is 0 Å². The van der Waals surface area contributed by atoms with E-state index in [9.17, 15) is 10.2 Å². The van der Waals surface area contributed by atoms with E-state index in [-0.39, 0.29) is 0 Å². The van der Waals surface area contributed by atoms with E-state index < -0.39 is 31.4 Å². The van der Waals surface area contributed by atoms with Gasteiger partial charge in [0.25, 0.3) is 0 Å². The van der Waals surface area contributed by atoms with Crippen molar-refractivity contribution in [3.05, 3.63) is 24.2 Å². The Bertz CT molecular complexity index is 581. The van der Waals surface area contributed by atoms with E-state index in [1.807, 2.05) is 6.92 Å². The first-order valence-electron chi connectivity index (χ1n) is 7.85. The van der Waals surface area contributed by atoms with E-state index >= 15 is 0 Å². The normalized spacial score (nSPS) is 32.0. The molecule has 2 aliphatic rings. The quantitative estimate of drug-likeness (QED) is 0.648. The van der Waals surface area contributed by atoms with Gasteiger partial charge in [-0.05, 0) is 32.3 Å². The van der Waals surface area contributed by atoms with Gasteiger partial charge in [-0.15, -0.1) is 13.2 Å². The lowest BCUT2D eigenvalue weighted by Crippen LogP contribution is -2.42. The van der Waals surface area contributed by atoms with E-state index in [0.29, 0.717) is 24.5 Å².